The van der Waals surface area contributed by atoms with Gasteiger partial charge in [-0.15, -0.1) is 0 Å². The van der Waals surface area contributed by atoms with Crippen LogP contribution in [0.15, 0.2) is 0 Å². The molecule has 0 aromatic rings. The quantitative estimate of drug-likeness (QED) is 0.573. The summed E-state index contributed by atoms with van der Waals surface area (Å²) in [5, 5.41) is 7.38. The Morgan fingerprint density at radius 2 is 2.19 bits per heavy atom. The lowest BCUT2D eigenvalue weighted by atomic mass is 9.64. The van der Waals surface area contributed by atoms with Crippen LogP contribution in [0.2, 0.25) is 0 Å². The second kappa shape index (κ2) is 5.82. The fraction of sp³-hybridized carbons (Fsp3) is 0.917. The van der Waals surface area contributed by atoms with Gasteiger partial charge in [0.1, 0.15) is 0 Å². The van der Waals surface area contributed by atoms with Gasteiger partial charge in [0.2, 0.25) is 0 Å². The first-order valence-corrected chi connectivity index (χ1v) is 6.50. The third-order valence-corrected chi connectivity index (χ3v) is 3.85. The minimum absolute atomic E-state index is 0.172. The van der Waals surface area contributed by atoms with E-state index in [0.717, 1.165) is 24.5 Å². The largest absolute Gasteiger partial charge is 0.381 e. The zero-order valence-electron chi connectivity index (χ0n) is 10.8. The Labute approximate surface area is 104 Å². The van der Waals surface area contributed by atoms with Crippen molar-refractivity contribution in [3.63, 3.8) is 0 Å². The predicted molar refractivity (Wildman–Crippen MR) is 71.6 cm³/mol. The first kappa shape index (κ1) is 13.7. The number of unbranched alkanes of at least 4 members (excludes halogenated alkanes) is 1. The van der Waals surface area contributed by atoms with Crippen LogP contribution in [0.3, 0.4) is 0 Å². The average molecular weight is 244 g/mol. The molecular weight excluding hydrogens is 220 g/mol. The molecule has 0 radical (unpaired) electrons. The second-order valence-electron chi connectivity index (χ2n) is 5.09. The Hall–Kier alpha value is -0.350. The van der Waals surface area contributed by atoms with Gasteiger partial charge in [-0.1, -0.05) is 27.2 Å². The lowest BCUT2D eigenvalue weighted by molar-refractivity contribution is -0.0920. The standard InChI is InChI=1S/C12H24N2OS/c1-5-6-7-13-11(16)14-9-8-10(15-4)12(9,2)3/h9-10H,5-8H2,1-4H3,(H2,13,14,16). The molecule has 0 aromatic carbocycles. The van der Waals surface area contributed by atoms with Gasteiger partial charge in [0.15, 0.2) is 5.11 Å². The second-order valence-corrected chi connectivity index (χ2v) is 5.50. The molecule has 0 saturated heterocycles. The van der Waals surface area contributed by atoms with E-state index in [4.69, 9.17) is 17.0 Å². The number of nitrogens with one attached hydrogen (secondary N) is 2. The average Bonchev–Trinajstić information content (AvgIpc) is 2.24. The van der Waals surface area contributed by atoms with E-state index in [1.54, 1.807) is 7.11 Å². The highest BCUT2D eigenvalue weighted by molar-refractivity contribution is 7.80. The first-order chi connectivity index (χ1) is 7.52. The van der Waals surface area contributed by atoms with Crippen molar-refractivity contribution in [2.75, 3.05) is 13.7 Å². The van der Waals surface area contributed by atoms with Gasteiger partial charge in [0.25, 0.3) is 0 Å². The Morgan fingerprint density at radius 1 is 1.50 bits per heavy atom. The van der Waals surface area contributed by atoms with Gasteiger partial charge in [-0.05, 0) is 25.1 Å². The van der Waals surface area contributed by atoms with Crippen LogP contribution in [0.4, 0.5) is 0 Å². The maximum Gasteiger partial charge on any atom is 0.166 e. The van der Waals surface area contributed by atoms with Crippen molar-refractivity contribution in [3.8, 4) is 0 Å². The molecule has 1 saturated carbocycles. The predicted octanol–water partition coefficient (Wildman–Crippen LogP) is 2.06. The molecule has 0 aliphatic heterocycles. The summed E-state index contributed by atoms with van der Waals surface area (Å²) in [5.74, 6) is 0. The summed E-state index contributed by atoms with van der Waals surface area (Å²) in [7, 11) is 1.78. The molecule has 0 heterocycles. The van der Waals surface area contributed by atoms with Crippen LogP contribution in [0.5, 0.6) is 0 Å². The van der Waals surface area contributed by atoms with E-state index >= 15 is 0 Å². The number of thiocarbonyl (C=S) groups is 1. The molecule has 4 heteroatoms. The number of rotatable bonds is 5. The highest BCUT2D eigenvalue weighted by atomic mass is 32.1. The van der Waals surface area contributed by atoms with Crippen molar-refractivity contribution in [1.29, 1.82) is 0 Å². The molecule has 0 amide bonds. The molecule has 0 aromatic heterocycles. The fourth-order valence-corrected chi connectivity index (χ4v) is 2.36. The van der Waals surface area contributed by atoms with Gasteiger partial charge in [-0.25, -0.2) is 0 Å². The third-order valence-electron chi connectivity index (χ3n) is 3.58. The molecule has 2 atom stereocenters. The fourth-order valence-electron chi connectivity index (χ4n) is 2.12. The van der Waals surface area contributed by atoms with E-state index in [2.05, 4.69) is 31.4 Å². The maximum absolute atomic E-state index is 5.41. The minimum Gasteiger partial charge on any atom is -0.381 e. The zero-order valence-corrected chi connectivity index (χ0v) is 11.6. The maximum atomic E-state index is 5.41. The van der Waals surface area contributed by atoms with Gasteiger partial charge < -0.3 is 15.4 Å². The van der Waals surface area contributed by atoms with Crippen LogP contribution < -0.4 is 10.6 Å². The van der Waals surface area contributed by atoms with E-state index in [0.29, 0.717) is 12.1 Å². The van der Waals surface area contributed by atoms with E-state index < -0.39 is 0 Å². The molecule has 1 aliphatic rings. The summed E-state index contributed by atoms with van der Waals surface area (Å²) in [4.78, 5) is 0. The summed E-state index contributed by atoms with van der Waals surface area (Å²) >= 11 is 5.26. The van der Waals surface area contributed by atoms with Crippen LogP contribution >= 0.6 is 12.2 Å². The minimum atomic E-state index is 0.172. The highest BCUT2D eigenvalue weighted by Gasteiger charge is 2.48. The lowest BCUT2D eigenvalue weighted by Crippen LogP contribution is -2.63. The smallest absolute Gasteiger partial charge is 0.166 e. The van der Waals surface area contributed by atoms with Crippen LogP contribution in [0, 0.1) is 5.41 Å². The van der Waals surface area contributed by atoms with Crippen LogP contribution in [0.25, 0.3) is 0 Å². The molecule has 3 nitrogen and oxygen atoms in total. The Bertz CT molecular complexity index is 243. The van der Waals surface area contributed by atoms with E-state index in [-0.39, 0.29) is 5.41 Å². The Morgan fingerprint density at radius 3 is 2.69 bits per heavy atom. The van der Waals surface area contributed by atoms with Gasteiger partial charge >= 0.3 is 0 Å². The van der Waals surface area contributed by atoms with Crippen LogP contribution in [0.1, 0.15) is 40.0 Å². The normalized spacial score (nSPS) is 27.0. The Kier molecular flexibility index (Phi) is 4.99. The number of methoxy groups -OCH3 is 1. The molecule has 0 spiro atoms. The van der Waals surface area contributed by atoms with Gasteiger partial charge in [0, 0.05) is 25.1 Å². The lowest BCUT2D eigenvalue weighted by Gasteiger charge is -2.51. The summed E-state index contributed by atoms with van der Waals surface area (Å²) in [6.07, 6.45) is 3.75. The first-order valence-electron chi connectivity index (χ1n) is 6.09. The molecular formula is C12H24N2OS. The van der Waals surface area contributed by atoms with Crippen molar-refractivity contribution in [2.45, 2.75) is 52.2 Å². The van der Waals surface area contributed by atoms with E-state index in [1.807, 2.05) is 0 Å². The topological polar surface area (TPSA) is 33.3 Å². The SMILES string of the molecule is CCCCNC(=S)NC1CC(OC)C1(C)C. The van der Waals surface area contributed by atoms with Crippen molar-refractivity contribution in [2.24, 2.45) is 5.41 Å². The molecule has 2 N–H and O–H groups in total. The molecule has 2 unspecified atom stereocenters. The van der Waals surface area contributed by atoms with Gasteiger partial charge in [-0.3, -0.25) is 0 Å². The molecule has 1 rings (SSSR count). The van der Waals surface area contributed by atoms with Gasteiger partial charge in [-0.2, -0.15) is 0 Å². The summed E-state index contributed by atoms with van der Waals surface area (Å²) in [6.45, 7) is 7.58. The van der Waals surface area contributed by atoms with Gasteiger partial charge in [0.05, 0.1) is 6.10 Å². The van der Waals surface area contributed by atoms with E-state index in [1.165, 1.54) is 6.42 Å². The van der Waals surface area contributed by atoms with Crippen molar-refractivity contribution >= 4 is 17.3 Å². The molecule has 16 heavy (non-hydrogen) atoms. The molecule has 0 bridgehead atoms. The molecule has 1 fully saturated rings. The highest BCUT2D eigenvalue weighted by Crippen LogP contribution is 2.42. The van der Waals surface area contributed by atoms with Crippen LogP contribution in [-0.4, -0.2) is 30.9 Å². The summed E-state index contributed by atoms with van der Waals surface area (Å²) in [6, 6.07) is 0.430. The van der Waals surface area contributed by atoms with Crippen molar-refractivity contribution in [1.82, 2.24) is 10.6 Å². The third kappa shape index (κ3) is 3.08. The summed E-state index contributed by atoms with van der Waals surface area (Å²) in [5.41, 5.74) is 0.172. The molecule has 94 valence electrons. The molecule has 1 aliphatic carbocycles. The number of hydrogen-bond acceptors (Lipinski definition) is 2. The summed E-state index contributed by atoms with van der Waals surface area (Å²) < 4.78 is 5.41. The number of ether oxygens (including phenoxy) is 1. The Balaban J connectivity index is 2.26. The van der Waals surface area contributed by atoms with E-state index in [9.17, 15) is 0 Å². The monoisotopic (exact) mass is 244 g/mol. The zero-order chi connectivity index (χ0) is 12.2. The van der Waals surface area contributed by atoms with Crippen molar-refractivity contribution in [3.05, 3.63) is 0 Å². The number of hydrogen-bond donors (Lipinski definition) is 2. The van der Waals surface area contributed by atoms with Crippen LogP contribution in [-0.2, 0) is 4.74 Å². The van der Waals surface area contributed by atoms with Crippen molar-refractivity contribution < 1.29 is 4.74 Å².